The second-order valence-electron chi connectivity index (χ2n) is 14.9. The van der Waals surface area contributed by atoms with Crippen LogP contribution in [0.3, 0.4) is 0 Å². The normalized spacial score (nSPS) is 12.0. The number of hydroxylamine groups is 6. The van der Waals surface area contributed by atoms with Crippen molar-refractivity contribution in [3.05, 3.63) is 10.4 Å². The van der Waals surface area contributed by atoms with Gasteiger partial charge in [-0.05, 0) is 51.4 Å². The summed E-state index contributed by atoms with van der Waals surface area (Å²) in [6.07, 6.45) is 39.8. The molecule has 0 aliphatic heterocycles. The molecular weight excluding hydrogens is 564 g/mol. The Kier molecular flexibility index (Phi) is 39.3. The summed E-state index contributed by atoms with van der Waals surface area (Å²) in [5, 5.41) is 25.1. The lowest BCUT2D eigenvalue weighted by molar-refractivity contribution is -0.881. The van der Waals surface area contributed by atoms with Crippen molar-refractivity contribution in [1.29, 1.82) is 0 Å². The minimum Gasteiger partial charge on any atom is -0.633 e. The second-order valence-corrected chi connectivity index (χ2v) is 14.9. The Morgan fingerprint density at radius 2 is 0.391 bits per heavy atom. The maximum absolute atomic E-state index is 12.6. The molecule has 0 aliphatic rings. The average molecular weight is 655 g/mol. The molecule has 280 valence electrons. The molecule has 0 heterocycles. The first-order valence-electron chi connectivity index (χ1n) is 21.5. The van der Waals surface area contributed by atoms with E-state index in [0.717, 1.165) is 77.8 Å². The molecule has 0 radical (unpaired) electrons. The van der Waals surface area contributed by atoms with Crippen LogP contribution in [0.15, 0.2) is 0 Å². The van der Waals surface area contributed by atoms with Crippen molar-refractivity contribution in [3.63, 3.8) is 0 Å². The lowest BCUT2D eigenvalue weighted by atomic mass is 10.0. The third-order valence-electron chi connectivity index (χ3n) is 9.86. The van der Waals surface area contributed by atoms with Gasteiger partial charge in [0.1, 0.15) is 0 Å². The summed E-state index contributed by atoms with van der Waals surface area (Å²) in [7, 11) is 0. The highest BCUT2D eigenvalue weighted by Gasteiger charge is 2.14. The van der Waals surface area contributed by atoms with Gasteiger partial charge in [0.25, 0.3) is 0 Å². The average Bonchev–Trinajstić information content (AvgIpc) is 3.02. The van der Waals surface area contributed by atoms with Crippen LogP contribution >= 0.6 is 0 Å². The van der Waals surface area contributed by atoms with Crippen LogP contribution in [-0.4, -0.2) is 48.6 Å². The maximum Gasteiger partial charge on any atom is 0.0783 e. The Morgan fingerprint density at radius 3 is 0.565 bits per heavy atom. The SMILES string of the molecule is CCCCCCCCCCCCCCCC[N+]([O-])(CCC)CCC.CCCCCCCCCCCCCC[N+]([O-])(CCC)CCC. The van der Waals surface area contributed by atoms with Gasteiger partial charge in [-0.15, -0.1) is 0 Å². The summed E-state index contributed by atoms with van der Waals surface area (Å²) in [5.74, 6) is 0. The van der Waals surface area contributed by atoms with Crippen molar-refractivity contribution in [3.8, 4) is 0 Å². The first-order chi connectivity index (χ1) is 22.4. The Labute approximate surface area is 292 Å². The van der Waals surface area contributed by atoms with Gasteiger partial charge in [-0.25, -0.2) is 0 Å². The quantitative estimate of drug-likeness (QED) is 0.0383. The van der Waals surface area contributed by atoms with Gasteiger partial charge in [0.15, 0.2) is 0 Å². The lowest BCUT2D eigenvalue weighted by Crippen LogP contribution is -2.44. The van der Waals surface area contributed by atoms with Crippen LogP contribution < -0.4 is 0 Å². The fraction of sp³-hybridized carbons (Fsp3) is 1.00. The molecule has 4 nitrogen and oxygen atoms in total. The van der Waals surface area contributed by atoms with E-state index in [-0.39, 0.29) is 9.29 Å². The van der Waals surface area contributed by atoms with Crippen molar-refractivity contribution < 1.29 is 9.29 Å². The molecule has 0 amide bonds. The third-order valence-corrected chi connectivity index (χ3v) is 9.86. The van der Waals surface area contributed by atoms with Gasteiger partial charge in [-0.1, -0.05) is 183 Å². The highest BCUT2D eigenvalue weighted by Crippen LogP contribution is 2.16. The van der Waals surface area contributed by atoms with Crippen LogP contribution in [0.5, 0.6) is 0 Å². The van der Waals surface area contributed by atoms with Crippen molar-refractivity contribution in [2.75, 3.05) is 39.3 Å². The molecule has 0 saturated heterocycles. The highest BCUT2D eigenvalue weighted by atomic mass is 16.5. The fourth-order valence-electron chi connectivity index (χ4n) is 7.14. The summed E-state index contributed by atoms with van der Waals surface area (Å²) in [6, 6.07) is 0. The number of quaternary nitrogens is 2. The Bertz CT molecular complexity index is 544. The standard InChI is InChI=1S/C22H47NO.C20H43NO/c1-4-7-8-9-10-11-12-13-14-15-16-17-18-19-22-23(24,20-5-2)21-6-3;1-4-7-8-9-10-11-12-13-14-15-16-17-20-21(22,18-5-2)19-6-3/h4-22H2,1-3H3;4-20H2,1-3H3. The van der Waals surface area contributed by atoms with Gasteiger partial charge in [0, 0.05) is 0 Å². The predicted octanol–water partition coefficient (Wildman–Crippen LogP) is 14.4. The molecule has 0 fully saturated rings. The van der Waals surface area contributed by atoms with Crippen LogP contribution in [0.1, 0.15) is 234 Å². The number of nitrogens with zero attached hydrogens (tertiary/aromatic N) is 2. The van der Waals surface area contributed by atoms with E-state index in [1.807, 2.05) is 0 Å². The smallest absolute Gasteiger partial charge is 0.0783 e. The van der Waals surface area contributed by atoms with E-state index >= 15 is 0 Å². The van der Waals surface area contributed by atoms with E-state index in [9.17, 15) is 10.4 Å². The van der Waals surface area contributed by atoms with Gasteiger partial charge in [0.05, 0.1) is 39.3 Å². The number of hydrogen-bond acceptors (Lipinski definition) is 2. The Balaban J connectivity index is 0. The zero-order chi connectivity index (χ0) is 34.5. The number of rotatable bonds is 36. The van der Waals surface area contributed by atoms with E-state index in [1.54, 1.807) is 0 Å². The van der Waals surface area contributed by atoms with E-state index in [0.29, 0.717) is 0 Å². The third kappa shape index (κ3) is 35.2. The zero-order valence-corrected chi connectivity index (χ0v) is 33.2. The fourth-order valence-corrected chi connectivity index (χ4v) is 7.14. The maximum atomic E-state index is 12.6. The van der Waals surface area contributed by atoms with Gasteiger partial charge in [0.2, 0.25) is 0 Å². The molecular formula is C42H90N2O2. The molecule has 46 heavy (non-hydrogen) atoms. The molecule has 0 unspecified atom stereocenters. The van der Waals surface area contributed by atoms with Gasteiger partial charge >= 0.3 is 0 Å². The molecule has 0 bridgehead atoms. The first-order valence-corrected chi connectivity index (χ1v) is 21.5. The highest BCUT2D eigenvalue weighted by molar-refractivity contribution is 4.52. The zero-order valence-electron chi connectivity index (χ0n) is 33.2. The molecule has 0 aromatic rings. The minimum atomic E-state index is 0.0603. The molecule has 0 saturated carbocycles. The van der Waals surface area contributed by atoms with Crippen LogP contribution in [0.25, 0.3) is 0 Å². The van der Waals surface area contributed by atoms with Crippen LogP contribution in [-0.2, 0) is 0 Å². The minimum absolute atomic E-state index is 0.0603. The largest absolute Gasteiger partial charge is 0.633 e. The molecule has 0 N–H and O–H groups in total. The summed E-state index contributed by atoms with van der Waals surface area (Å²) in [4.78, 5) is 0. The van der Waals surface area contributed by atoms with Crippen LogP contribution in [0.4, 0.5) is 0 Å². The van der Waals surface area contributed by atoms with E-state index in [4.69, 9.17) is 0 Å². The number of unbranched alkanes of at least 4 members (excludes halogenated alkanes) is 24. The van der Waals surface area contributed by atoms with E-state index < -0.39 is 0 Å². The molecule has 0 atom stereocenters. The molecule has 0 aromatic heterocycles. The van der Waals surface area contributed by atoms with Crippen molar-refractivity contribution in [1.82, 2.24) is 0 Å². The van der Waals surface area contributed by atoms with Gasteiger partial charge < -0.3 is 19.7 Å². The topological polar surface area (TPSA) is 46.1 Å². The number of hydrogen-bond donors (Lipinski definition) is 0. The summed E-state index contributed by atoms with van der Waals surface area (Å²) in [6.45, 7) is 18.0. The summed E-state index contributed by atoms with van der Waals surface area (Å²) < 4.78 is 0.121. The summed E-state index contributed by atoms with van der Waals surface area (Å²) in [5.41, 5.74) is 0. The van der Waals surface area contributed by atoms with Crippen molar-refractivity contribution >= 4 is 0 Å². The lowest BCUT2D eigenvalue weighted by Gasteiger charge is -2.42. The van der Waals surface area contributed by atoms with Crippen molar-refractivity contribution in [2.24, 2.45) is 0 Å². The molecule has 0 aliphatic carbocycles. The predicted molar refractivity (Wildman–Crippen MR) is 209 cm³/mol. The Hall–Kier alpha value is -0.160. The van der Waals surface area contributed by atoms with Gasteiger partial charge in [-0.2, -0.15) is 0 Å². The molecule has 4 heteroatoms. The van der Waals surface area contributed by atoms with Gasteiger partial charge in [-0.3, -0.25) is 0 Å². The van der Waals surface area contributed by atoms with E-state index in [1.165, 1.54) is 154 Å². The Morgan fingerprint density at radius 1 is 0.217 bits per heavy atom. The van der Waals surface area contributed by atoms with Crippen molar-refractivity contribution in [2.45, 2.75) is 234 Å². The summed E-state index contributed by atoms with van der Waals surface area (Å²) >= 11 is 0. The van der Waals surface area contributed by atoms with E-state index in [2.05, 4.69) is 41.5 Å². The first kappa shape index (κ1) is 48.0. The van der Waals surface area contributed by atoms with Crippen LogP contribution in [0.2, 0.25) is 0 Å². The molecule has 0 spiro atoms. The van der Waals surface area contributed by atoms with Crippen LogP contribution in [0, 0.1) is 10.4 Å². The second kappa shape index (κ2) is 37.7. The monoisotopic (exact) mass is 655 g/mol. The molecule has 0 aromatic carbocycles. The molecule has 0 rings (SSSR count).